The summed E-state index contributed by atoms with van der Waals surface area (Å²) >= 11 is 1.45. The van der Waals surface area contributed by atoms with Crippen LogP contribution < -0.4 is 0 Å². The van der Waals surface area contributed by atoms with E-state index in [4.69, 9.17) is 0 Å². The van der Waals surface area contributed by atoms with E-state index in [0.29, 0.717) is 13.1 Å². The molecule has 0 atom stereocenters. The molecule has 2 heterocycles. The fraction of sp³-hybridized carbons (Fsp3) is 0.571. The van der Waals surface area contributed by atoms with Gasteiger partial charge >= 0.3 is 0 Å². The summed E-state index contributed by atoms with van der Waals surface area (Å²) in [4.78, 5) is 28.4. The fourth-order valence-corrected chi connectivity index (χ4v) is 2.86. The molecule has 104 valence electrons. The van der Waals surface area contributed by atoms with Crippen molar-refractivity contribution in [2.24, 2.45) is 5.92 Å². The number of amides is 2. The van der Waals surface area contributed by atoms with Crippen LogP contribution in [0.4, 0.5) is 0 Å². The molecule has 2 rings (SSSR count). The summed E-state index contributed by atoms with van der Waals surface area (Å²) in [5.41, 5.74) is 0. The van der Waals surface area contributed by atoms with E-state index in [1.165, 1.54) is 11.3 Å². The highest BCUT2D eigenvalue weighted by atomic mass is 32.1. The molecule has 5 heteroatoms. The Morgan fingerprint density at radius 2 is 2.21 bits per heavy atom. The predicted octanol–water partition coefficient (Wildman–Crippen LogP) is 2.08. The van der Waals surface area contributed by atoms with Crippen LogP contribution in [-0.4, -0.2) is 48.3 Å². The number of carbonyl (C=O) groups excluding carboxylic acids is 2. The minimum absolute atomic E-state index is 0.00855. The number of thiophene rings is 1. The van der Waals surface area contributed by atoms with Crippen molar-refractivity contribution in [2.75, 3.05) is 26.7 Å². The lowest BCUT2D eigenvalue weighted by atomic mass is 9.98. The first-order chi connectivity index (χ1) is 9.13. The minimum atomic E-state index is -0.00855. The molecule has 0 spiro atoms. The zero-order chi connectivity index (χ0) is 13.8. The first kappa shape index (κ1) is 14.1. The molecule has 4 nitrogen and oxygen atoms in total. The Morgan fingerprint density at radius 1 is 1.47 bits per heavy atom. The molecule has 0 N–H and O–H groups in total. The smallest absolute Gasteiger partial charge is 0.263 e. The van der Waals surface area contributed by atoms with Gasteiger partial charge in [-0.15, -0.1) is 11.3 Å². The molecule has 0 unspecified atom stereocenters. The lowest BCUT2D eigenvalue weighted by Crippen LogP contribution is -2.55. The maximum absolute atomic E-state index is 12.1. The molecular formula is C14H20N2O2S. The molecule has 0 aliphatic carbocycles. The Kier molecular flexibility index (Phi) is 4.58. The van der Waals surface area contributed by atoms with Crippen molar-refractivity contribution in [3.8, 4) is 0 Å². The van der Waals surface area contributed by atoms with Crippen LogP contribution in [0.3, 0.4) is 0 Å². The number of carbonyl (C=O) groups is 2. The lowest BCUT2D eigenvalue weighted by Gasteiger charge is -2.39. The van der Waals surface area contributed by atoms with Crippen LogP contribution in [0.2, 0.25) is 0 Å². The molecule has 1 aromatic rings. The van der Waals surface area contributed by atoms with Crippen LogP contribution in [0.15, 0.2) is 17.5 Å². The van der Waals surface area contributed by atoms with Crippen LogP contribution in [0.1, 0.15) is 29.4 Å². The van der Waals surface area contributed by atoms with Crippen LogP contribution in [0, 0.1) is 5.92 Å². The first-order valence-corrected chi connectivity index (χ1v) is 7.59. The molecule has 2 amide bonds. The molecule has 1 aliphatic heterocycles. The number of nitrogens with zero attached hydrogens (tertiary/aromatic N) is 2. The standard InChI is InChI=1S/C14H20N2O2S/c1-3-4-7-15(2)13(17)11-9-16(10-11)14(18)12-6-5-8-19-12/h5-6,8,11H,3-4,7,9-10H2,1-2H3. The van der Waals surface area contributed by atoms with E-state index in [9.17, 15) is 9.59 Å². The average molecular weight is 280 g/mol. The maximum atomic E-state index is 12.1. The molecular weight excluding hydrogens is 260 g/mol. The Balaban J connectivity index is 1.79. The van der Waals surface area contributed by atoms with Crippen molar-refractivity contribution < 1.29 is 9.59 Å². The molecule has 0 aromatic carbocycles. The van der Waals surface area contributed by atoms with Gasteiger partial charge in [-0.2, -0.15) is 0 Å². The van der Waals surface area contributed by atoms with E-state index in [1.54, 1.807) is 9.80 Å². The predicted molar refractivity (Wildman–Crippen MR) is 76.3 cm³/mol. The van der Waals surface area contributed by atoms with Crippen molar-refractivity contribution in [3.63, 3.8) is 0 Å². The first-order valence-electron chi connectivity index (χ1n) is 6.71. The molecule has 1 saturated heterocycles. The van der Waals surface area contributed by atoms with Crippen molar-refractivity contribution in [1.29, 1.82) is 0 Å². The van der Waals surface area contributed by atoms with Crippen molar-refractivity contribution >= 4 is 23.2 Å². The Bertz CT molecular complexity index is 438. The highest BCUT2D eigenvalue weighted by Crippen LogP contribution is 2.22. The summed E-state index contributed by atoms with van der Waals surface area (Å²) in [7, 11) is 1.85. The van der Waals surface area contributed by atoms with E-state index >= 15 is 0 Å². The zero-order valence-corrected chi connectivity index (χ0v) is 12.3. The highest BCUT2D eigenvalue weighted by molar-refractivity contribution is 7.12. The summed E-state index contributed by atoms with van der Waals surface area (Å²) in [6, 6.07) is 3.70. The Labute approximate surface area is 118 Å². The third-order valence-electron chi connectivity index (χ3n) is 3.47. The zero-order valence-electron chi connectivity index (χ0n) is 11.5. The summed E-state index contributed by atoms with van der Waals surface area (Å²) < 4.78 is 0. The van der Waals surface area contributed by atoms with Crippen LogP contribution >= 0.6 is 11.3 Å². The van der Waals surface area contributed by atoms with Gasteiger partial charge in [0.25, 0.3) is 5.91 Å². The minimum Gasteiger partial charge on any atom is -0.345 e. The van der Waals surface area contributed by atoms with Gasteiger partial charge in [0, 0.05) is 26.7 Å². The maximum Gasteiger partial charge on any atom is 0.263 e. The van der Waals surface area contributed by atoms with E-state index < -0.39 is 0 Å². The van der Waals surface area contributed by atoms with Crippen molar-refractivity contribution in [3.05, 3.63) is 22.4 Å². The van der Waals surface area contributed by atoms with Gasteiger partial charge in [-0.1, -0.05) is 19.4 Å². The molecule has 0 radical (unpaired) electrons. The fourth-order valence-electron chi connectivity index (χ4n) is 2.17. The van der Waals surface area contributed by atoms with Gasteiger partial charge in [0.1, 0.15) is 0 Å². The number of rotatable bonds is 5. The molecule has 1 aliphatic rings. The van der Waals surface area contributed by atoms with Gasteiger partial charge in [0.05, 0.1) is 10.8 Å². The largest absolute Gasteiger partial charge is 0.345 e. The highest BCUT2D eigenvalue weighted by Gasteiger charge is 2.37. The Hall–Kier alpha value is -1.36. The monoisotopic (exact) mass is 280 g/mol. The number of likely N-dealkylation sites (tertiary alicyclic amines) is 1. The molecule has 0 saturated carbocycles. The normalized spacial score (nSPS) is 15.2. The third kappa shape index (κ3) is 3.15. The molecule has 19 heavy (non-hydrogen) atoms. The Morgan fingerprint density at radius 3 is 2.79 bits per heavy atom. The summed E-state index contributed by atoms with van der Waals surface area (Å²) in [5.74, 6) is 0.213. The van der Waals surface area contributed by atoms with E-state index in [2.05, 4.69) is 6.92 Å². The number of hydrogen-bond acceptors (Lipinski definition) is 3. The SMILES string of the molecule is CCCCN(C)C(=O)C1CN(C(=O)c2cccs2)C1. The summed E-state index contributed by atoms with van der Waals surface area (Å²) in [6.07, 6.45) is 2.12. The topological polar surface area (TPSA) is 40.6 Å². The van der Waals surface area contributed by atoms with E-state index in [-0.39, 0.29) is 17.7 Å². The average Bonchev–Trinajstić information content (AvgIpc) is 2.87. The summed E-state index contributed by atoms with van der Waals surface area (Å²) in [5, 5.41) is 1.90. The summed E-state index contributed by atoms with van der Waals surface area (Å²) in [6.45, 7) is 4.05. The molecule has 1 fully saturated rings. The quantitative estimate of drug-likeness (QED) is 0.828. The van der Waals surface area contributed by atoms with Gasteiger partial charge < -0.3 is 9.80 Å². The van der Waals surface area contributed by atoms with Crippen molar-refractivity contribution in [1.82, 2.24) is 9.80 Å². The van der Waals surface area contributed by atoms with E-state index in [0.717, 1.165) is 24.3 Å². The number of hydrogen-bond donors (Lipinski definition) is 0. The van der Waals surface area contributed by atoms with Crippen molar-refractivity contribution in [2.45, 2.75) is 19.8 Å². The second-order valence-corrected chi connectivity index (χ2v) is 5.95. The van der Waals surface area contributed by atoms with Gasteiger partial charge in [0.15, 0.2) is 0 Å². The lowest BCUT2D eigenvalue weighted by molar-refractivity contribution is -0.138. The van der Waals surface area contributed by atoms with Crippen LogP contribution in [0.5, 0.6) is 0 Å². The molecule has 0 bridgehead atoms. The van der Waals surface area contributed by atoms with Gasteiger partial charge in [-0.3, -0.25) is 9.59 Å². The van der Waals surface area contributed by atoms with Gasteiger partial charge in [-0.05, 0) is 17.9 Å². The van der Waals surface area contributed by atoms with Crippen LogP contribution in [0.25, 0.3) is 0 Å². The van der Waals surface area contributed by atoms with Gasteiger partial charge in [0.2, 0.25) is 5.91 Å². The van der Waals surface area contributed by atoms with Gasteiger partial charge in [-0.25, -0.2) is 0 Å². The third-order valence-corrected chi connectivity index (χ3v) is 4.33. The second kappa shape index (κ2) is 6.19. The second-order valence-electron chi connectivity index (χ2n) is 5.00. The molecule has 1 aromatic heterocycles. The number of unbranched alkanes of at least 4 members (excludes halogenated alkanes) is 1. The van der Waals surface area contributed by atoms with E-state index in [1.807, 2.05) is 24.6 Å². The van der Waals surface area contributed by atoms with Crippen LogP contribution in [-0.2, 0) is 4.79 Å².